The summed E-state index contributed by atoms with van der Waals surface area (Å²) in [5, 5.41) is 13.1. The van der Waals surface area contributed by atoms with Crippen LogP contribution in [0.4, 0.5) is 5.95 Å². The molecule has 3 aromatic rings. The number of carbonyl (C=O) groups excluding carboxylic acids is 1. The van der Waals surface area contributed by atoms with Crippen molar-refractivity contribution in [1.82, 2.24) is 35.6 Å². The maximum atomic E-state index is 12.0. The fourth-order valence-corrected chi connectivity index (χ4v) is 2.05. The van der Waals surface area contributed by atoms with Crippen molar-refractivity contribution in [3.63, 3.8) is 0 Å². The minimum absolute atomic E-state index is 0.139. The minimum atomic E-state index is -0.323. The molecular weight excluding hydrogens is 312 g/mol. The molecule has 4 N–H and O–H groups in total. The normalized spacial score (nSPS) is 12.0. The zero-order valence-corrected chi connectivity index (χ0v) is 12.9. The topological polar surface area (TPSA) is 148 Å². The number of nitrogen functional groups attached to an aromatic ring is 1. The van der Waals surface area contributed by atoms with E-state index < -0.39 is 0 Å². The van der Waals surface area contributed by atoms with Crippen LogP contribution in [0.5, 0.6) is 0 Å². The molecule has 0 fully saturated rings. The number of nitrogens with one attached hydrogen (secondary N) is 2. The van der Waals surface area contributed by atoms with Crippen LogP contribution < -0.4 is 11.1 Å². The Morgan fingerprint density at radius 2 is 2.33 bits per heavy atom. The van der Waals surface area contributed by atoms with Gasteiger partial charge in [0.15, 0.2) is 0 Å². The zero-order valence-electron chi connectivity index (χ0n) is 12.9. The molecule has 24 heavy (non-hydrogen) atoms. The quantitative estimate of drug-likeness (QED) is 0.597. The summed E-state index contributed by atoms with van der Waals surface area (Å²) in [6.45, 7) is 1.78. The lowest BCUT2D eigenvalue weighted by atomic mass is 10.2. The van der Waals surface area contributed by atoms with Crippen LogP contribution in [0.1, 0.15) is 31.1 Å². The third-order valence-corrected chi connectivity index (χ3v) is 3.26. The molecular formula is C14H16N8O2. The van der Waals surface area contributed by atoms with Gasteiger partial charge in [0.2, 0.25) is 23.6 Å². The number of rotatable bonds is 6. The van der Waals surface area contributed by atoms with Gasteiger partial charge < -0.3 is 15.6 Å². The molecule has 3 rings (SSSR count). The smallest absolute Gasteiger partial charge is 0.239 e. The highest BCUT2D eigenvalue weighted by molar-refractivity contribution is 5.76. The molecule has 3 aromatic heterocycles. The predicted molar refractivity (Wildman–Crippen MR) is 83.2 cm³/mol. The van der Waals surface area contributed by atoms with E-state index >= 15 is 0 Å². The number of amides is 1. The van der Waals surface area contributed by atoms with Crippen molar-refractivity contribution in [3.05, 3.63) is 36.2 Å². The number of hydrogen-bond donors (Lipinski definition) is 3. The largest absolute Gasteiger partial charge is 0.367 e. The molecule has 124 valence electrons. The SMILES string of the molecule is C[C@H](NC(=O)CCc1nc(-c2cccnc2)no1)c1nc(N)n[nH]1. The Morgan fingerprint density at radius 1 is 1.46 bits per heavy atom. The van der Waals surface area contributed by atoms with Crippen molar-refractivity contribution in [2.24, 2.45) is 0 Å². The molecule has 1 atom stereocenters. The van der Waals surface area contributed by atoms with Gasteiger partial charge in [-0.15, -0.1) is 5.10 Å². The first-order valence-electron chi connectivity index (χ1n) is 7.32. The molecule has 0 aliphatic heterocycles. The number of nitrogens with zero attached hydrogens (tertiary/aromatic N) is 5. The molecule has 0 aromatic carbocycles. The van der Waals surface area contributed by atoms with Crippen LogP contribution in [0.15, 0.2) is 29.0 Å². The van der Waals surface area contributed by atoms with Crippen molar-refractivity contribution >= 4 is 11.9 Å². The van der Waals surface area contributed by atoms with Crippen molar-refractivity contribution in [2.45, 2.75) is 25.8 Å². The van der Waals surface area contributed by atoms with Gasteiger partial charge in [0.25, 0.3) is 0 Å². The number of carbonyl (C=O) groups is 1. The number of aryl methyl sites for hydroxylation is 1. The first kappa shape index (κ1) is 15.6. The Labute approximate surface area is 136 Å². The van der Waals surface area contributed by atoms with E-state index in [0.29, 0.717) is 24.0 Å². The molecule has 0 bridgehead atoms. The molecule has 10 heteroatoms. The second kappa shape index (κ2) is 6.86. The van der Waals surface area contributed by atoms with Crippen molar-refractivity contribution in [3.8, 4) is 11.4 Å². The molecule has 0 saturated heterocycles. The summed E-state index contributed by atoms with van der Waals surface area (Å²) in [5.41, 5.74) is 6.19. The molecule has 1 amide bonds. The van der Waals surface area contributed by atoms with Gasteiger partial charge >= 0.3 is 0 Å². The number of nitrogens with two attached hydrogens (primary N) is 1. The number of hydrogen-bond acceptors (Lipinski definition) is 8. The van der Waals surface area contributed by atoms with Crippen LogP contribution >= 0.6 is 0 Å². The van der Waals surface area contributed by atoms with Gasteiger partial charge in [0, 0.05) is 30.8 Å². The molecule has 0 aliphatic rings. The fourth-order valence-electron chi connectivity index (χ4n) is 2.05. The Kier molecular flexibility index (Phi) is 4.45. The van der Waals surface area contributed by atoms with Gasteiger partial charge in [-0.05, 0) is 19.1 Å². The lowest BCUT2D eigenvalue weighted by Gasteiger charge is -2.09. The lowest BCUT2D eigenvalue weighted by molar-refractivity contribution is -0.121. The summed E-state index contributed by atoms with van der Waals surface area (Å²) in [6, 6.07) is 3.30. The van der Waals surface area contributed by atoms with Crippen molar-refractivity contribution < 1.29 is 9.32 Å². The predicted octanol–water partition coefficient (Wildman–Crippen LogP) is 0.642. The van der Waals surface area contributed by atoms with Crippen LogP contribution in [0.2, 0.25) is 0 Å². The average Bonchev–Trinajstić information content (AvgIpc) is 3.23. The fraction of sp³-hybridized carbons (Fsp3) is 0.286. The van der Waals surface area contributed by atoms with Gasteiger partial charge in [-0.2, -0.15) is 9.97 Å². The van der Waals surface area contributed by atoms with Crippen LogP contribution in [0.25, 0.3) is 11.4 Å². The number of pyridine rings is 1. The lowest BCUT2D eigenvalue weighted by Crippen LogP contribution is -2.27. The molecule has 0 radical (unpaired) electrons. The van der Waals surface area contributed by atoms with Crippen LogP contribution in [-0.4, -0.2) is 36.2 Å². The maximum Gasteiger partial charge on any atom is 0.239 e. The minimum Gasteiger partial charge on any atom is -0.367 e. The molecule has 0 saturated carbocycles. The van der Waals surface area contributed by atoms with Gasteiger partial charge in [0.05, 0.1) is 6.04 Å². The summed E-state index contributed by atoms with van der Waals surface area (Å²) in [4.78, 5) is 24.2. The van der Waals surface area contributed by atoms with E-state index in [9.17, 15) is 4.79 Å². The summed E-state index contributed by atoms with van der Waals surface area (Å²) < 4.78 is 5.15. The standard InChI is InChI=1S/C14H16N8O2/c1-8(12-19-14(15)21-20-12)17-10(23)4-5-11-18-13(22-24-11)9-3-2-6-16-7-9/h2-3,6-8H,4-5H2,1H3,(H,17,23)(H3,15,19,20,21)/t8-/m0/s1. The van der Waals surface area contributed by atoms with E-state index in [4.69, 9.17) is 10.3 Å². The number of anilines is 1. The Hall–Kier alpha value is -3.30. The van der Waals surface area contributed by atoms with Gasteiger partial charge in [-0.1, -0.05) is 5.16 Å². The zero-order chi connectivity index (χ0) is 16.9. The first-order chi connectivity index (χ1) is 11.6. The Balaban J connectivity index is 1.52. The van der Waals surface area contributed by atoms with E-state index in [0.717, 1.165) is 5.56 Å². The summed E-state index contributed by atoms with van der Waals surface area (Å²) in [6.07, 6.45) is 3.86. The second-order valence-electron chi connectivity index (χ2n) is 5.12. The van der Waals surface area contributed by atoms with Crippen LogP contribution in [0.3, 0.4) is 0 Å². The second-order valence-corrected chi connectivity index (χ2v) is 5.12. The highest BCUT2D eigenvalue weighted by Crippen LogP contribution is 2.14. The van der Waals surface area contributed by atoms with E-state index in [2.05, 4.69) is 35.6 Å². The van der Waals surface area contributed by atoms with Crippen LogP contribution in [-0.2, 0) is 11.2 Å². The van der Waals surface area contributed by atoms with E-state index in [1.54, 1.807) is 25.4 Å². The Morgan fingerprint density at radius 3 is 3.04 bits per heavy atom. The summed E-state index contributed by atoms with van der Waals surface area (Å²) in [5.74, 6) is 1.31. The number of aromatic amines is 1. The molecule has 10 nitrogen and oxygen atoms in total. The van der Waals surface area contributed by atoms with Crippen LogP contribution in [0, 0.1) is 0 Å². The first-order valence-corrected chi connectivity index (χ1v) is 7.32. The third kappa shape index (κ3) is 3.72. The van der Waals surface area contributed by atoms with Gasteiger partial charge in [0.1, 0.15) is 5.82 Å². The Bertz CT molecular complexity index is 813. The number of aromatic nitrogens is 6. The molecule has 0 spiro atoms. The monoisotopic (exact) mass is 328 g/mol. The van der Waals surface area contributed by atoms with Gasteiger partial charge in [-0.25, -0.2) is 0 Å². The highest BCUT2D eigenvalue weighted by Gasteiger charge is 2.15. The van der Waals surface area contributed by atoms with E-state index in [-0.39, 0.29) is 24.3 Å². The van der Waals surface area contributed by atoms with E-state index in [1.165, 1.54) is 0 Å². The van der Waals surface area contributed by atoms with Gasteiger partial charge in [-0.3, -0.25) is 14.9 Å². The molecule has 0 unspecified atom stereocenters. The maximum absolute atomic E-state index is 12.0. The average molecular weight is 328 g/mol. The summed E-state index contributed by atoms with van der Waals surface area (Å²) in [7, 11) is 0. The summed E-state index contributed by atoms with van der Waals surface area (Å²) >= 11 is 0. The van der Waals surface area contributed by atoms with E-state index in [1.807, 2.05) is 6.07 Å². The third-order valence-electron chi connectivity index (χ3n) is 3.26. The molecule has 3 heterocycles. The van der Waals surface area contributed by atoms with Crippen molar-refractivity contribution in [2.75, 3.05) is 5.73 Å². The molecule has 0 aliphatic carbocycles. The van der Waals surface area contributed by atoms with Crippen molar-refractivity contribution in [1.29, 1.82) is 0 Å². The highest BCUT2D eigenvalue weighted by atomic mass is 16.5. The number of H-pyrrole nitrogens is 1.